The number of para-hydroxylation sites is 1. The van der Waals surface area contributed by atoms with Gasteiger partial charge in [-0.05, 0) is 48.2 Å². The minimum atomic E-state index is -0.136. The van der Waals surface area contributed by atoms with Crippen molar-refractivity contribution in [1.29, 1.82) is 0 Å². The number of carbonyl (C=O) groups is 1. The standard InChI is InChI=1S/C19H15ClN2O/c20-14-7-8-15-13(11-14)6-9-17(15)22-19(23)18-10-5-12-3-1-2-4-16(12)21-18/h1-5,7-8,10-11,17H,6,9H2,(H,22,23)/t17-/m1/s1. The zero-order valence-electron chi connectivity index (χ0n) is 12.4. The molecular formula is C19H15ClN2O. The topological polar surface area (TPSA) is 42.0 Å². The lowest BCUT2D eigenvalue weighted by Crippen LogP contribution is -2.27. The largest absolute Gasteiger partial charge is 0.344 e. The fraction of sp³-hybridized carbons (Fsp3) is 0.158. The van der Waals surface area contributed by atoms with E-state index in [4.69, 9.17) is 11.6 Å². The van der Waals surface area contributed by atoms with E-state index in [2.05, 4.69) is 10.3 Å². The van der Waals surface area contributed by atoms with Crippen LogP contribution in [0.25, 0.3) is 10.9 Å². The molecule has 1 N–H and O–H groups in total. The lowest BCUT2D eigenvalue weighted by molar-refractivity contribution is 0.0932. The van der Waals surface area contributed by atoms with Crippen LogP contribution in [0.1, 0.15) is 34.1 Å². The van der Waals surface area contributed by atoms with E-state index in [0.29, 0.717) is 5.69 Å². The molecule has 114 valence electrons. The summed E-state index contributed by atoms with van der Waals surface area (Å²) in [4.78, 5) is 17.0. The van der Waals surface area contributed by atoms with Crippen LogP contribution >= 0.6 is 11.6 Å². The van der Waals surface area contributed by atoms with Gasteiger partial charge in [0.1, 0.15) is 5.69 Å². The van der Waals surface area contributed by atoms with Crippen molar-refractivity contribution in [1.82, 2.24) is 10.3 Å². The number of aromatic nitrogens is 1. The molecular weight excluding hydrogens is 308 g/mol. The van der Waals surface area contributed by atoms with E-state index in [9.17, 15) is 4.79 Å². The van der Waals surface area contributed by atoms with Crippen LogP contribution in [0, 0.1) is 0 Å². The lowest BCUT2D eigenvalue weighted by atomic mass is 10.1. The summed E-state index contributed by atoms with van der Waals surface area (Å²) in [5.41, 5.74) is 3.66. The van der Waals surface area contributed by atoms with Crippen molar-refractivity contribution in [3.8, 4) is 0 Å². The Balaban J connectivity index is 1.58. The molecule has 4 heteroatoms. The average Bonchev–Trinajstić information content (AvgIpc) is 2.96. The second kappa shape index (κ2) is 5.67. The summed E-state index contributed by atoms with van der Waals surface area (Å²) < 4.78 is 0. The molecule has 0 bridgehead atoms. The number of hydrogen-bond donors (Lipinski definition) is 1. The van der Waals surface area contributed by atoms with Gasteiger partial charge in [-0.3, -0.25) is 4.79 Å². The first-order valence-corrected chi connectivity index (χ1v) is 8.03. The SMILES string of the molecule is O=C(N[C@@H]1CCc2cc(Cl)ccc21)c1ccc2ccccc2n1. The fourth-order valence-corrected chi connectivity index (χ4v) is 3.36. The second-order valence-electron chi connectivity index (χ2n) is 5.80. The normalized spacial score (nSPS) is 16.3. The number of benzene rings is 2. The summed E-state index contributed by atoms with van der Waals surface area (Å²) in [6, 6.07) is 17.4. The van der Waals surface area contributed by atoms with Crippen LogP contribution in [0.4, 0.5) is 0 Å². The molecule has 0 spiro atoms. The molecule has 0 aliphatic heterocycles. The predicted octanol–water partition coefficient (Wildman–Crippen LogP) is 4.31. The second-order valence-corrected chi connectivity index (χ2v) is 6.23. The van der Waals surface area contributed by atoms with Gasteiger partial charge in [0, 0.05) is 10.4 Å². The Hall–Kier alpha value is -2.39. The summed E-state index contributed by atoms with van der Waals surface area (Å²) in [6.07, 6.45) is 1.83. The van der Waals surface area contributed by atoms with Crippen LogP contribution in [0.5, 0.6) is 0 Å². The van der Waals surface area contributed by atoms with Crippen LogP contribution in [-0.4, -0.2) is 10.9 Å². The van der Waals surface area contributed by atoms with Crippen molar-refractivity contribution >= 4 is 28.4 Å². The maximum atomic E-state index is 12.5. The first-order chi connectivity index (χ1) is 11.2. The number of pyridine rings is 1. The Kier molecular flexibility index (Phi) is 3.50. The summed E-state index contributed by atoms with van der Waals surface area (Å²) >= 11 is 6.03. The number of carbonyl (C=O) groups excluding carboxylic acids is 1. The Bertz CT molecular complexity index is 907. The molecule has 3 nitrogen and oxygen atoms in total. The smallest absolute Gasteiger partial charge is 0.270 e. The number of amides is 1. The third-order valence-corrected chi connectivity index (χ3v) is 4.55. The lowest BCUT2D eigenvalue weighted by Gasteiger charge is -2.14. The molecule has 2 aromatic carbocycles. The van der Waals surface area contributed by atoms with E-state index in [-0.39, 0.29) is 11.9 Å². The number of halogens is 1. The van der Waals surface area contributed by atoms with E-state index in [1.807, 2.05) is 48.5 Å². The van der Waals surface area contributed by atoms with Crippen LogP contribution in [0.15, 0.2) is 54.6 Å². The van der Waals surface area contributed by atoms with Gasteiger partial charge in [0.2, 0.25) is 0 Å². The van der Waals surface area contributed by atoms with E-state index in [1.54, 1.807) is 6.07 Å². The van der Waals surface area contributed by atoms with Gasteiger partial charge in [-0.1, -0.05) is 41.9 Å². The summed E-state index contributed by atoms with van der Waals surface area (Å²) in [6.45, 7) is 0. The molecule has 0 saturated heterocycles. The summed E-state index contributed by atoms with van der Waals surface area (Å²) in [7, 11) is 0. The van der Waals surface area contributed by atoms with E-state index in [1.165, 1.54) is 5.56 Å². The van der Waals surface area contributed by atoms with Crippen molar-refractivity contribution in [3.63, 3.8) is 0 Å². The highest BCUT2D eigenvalue weighted by atomic mass is 35.5. The van der Waals surface area contributed by atoms with Gasteiger partial charge in [-0.25, -0.2) is 4.98 Å². The van der Waals surface area contributed by atoms with Gasteiger partial charge < -0.3 is 5.32 Å². The predicted molar refractivity (Wildman–Crippen MR) is 91.7 cm³/mol. The van der Waals surface area contributed by atoms with Crippen molar-refractivity contribution in [3.05, 3.63) is 76.4 Å². The summed E-state index contributed by atoms with van der Waals surface area (Å²) in [5, 5.41) is 4.87. The molecule has 0 saturated carbocycles. The number of fused-ring (bicyclic) bond motifs is 2. The first kappa shape index (κ1) is 14.2. The number of nitrogens with zero attached hydrogens (tertiary/aromatic N) is 1. The van der Waals surface area contributed by atoms with Crippen LogP contribution in [0.3, 0.4) is 0 Å². The van der Waals surface area contributed by atoms with Gasteiger partial charge in [-0.2, -0.15) is 0 Å². The number of aryl methyl sites for hydroxylation is 1. The molecule has 23 heavy (non-hydrogen) atoms. The van der Waals surface area contributed by atoms with E-state index in [0.717, 1.165) is 34.3 Å². The Labute approximate surface area is 139 Å². The highest BCUT2D eigenvalue weighted by molar-refractivity contribution is 6.30. The van der Waals surface area contributed by atoms with Crippen molar-refractivity contribution in [2.75, 3.05) is 0 Å². The van der Waals surface area contributed by atoms with Crippen LogP contribution in [-0.2, 0) is 6.42 Å². The van der Waals surface area contributed by atoms with Crippen molar-refractivity contribution in [2.24, 2.45) is 0 Å². The molecule has 1 aliphatic carbocycles. The molecule has 1 heterocycles. The monoisotopic (exact) mass is 322 g/mol. The molecule has 1 aliphatic rings. The molecule has 3 aromatic rings. The van der Waals surface area contributed by atoms with Gasteiger partial charge in [0.15, 0.2) is 0 Å². The maximum absolute atomic E-state index is 12.5. The third-order valence-electron chi connectivity index (χ3n) is 4.32. The number of hydrogen-bond acceptors (Lipinski definition) is 2. The molecule has 1 atom stereocenters. The van der Waals surface area contributed by atoms with Gasteiger partial charge in [0.25, 0.3) is 5.91 Å². The zero-order chi connectivity index (χ0) is 15.8. The van der Waals surface area contributed by atoms with Gasteiger partial charge >= 0.3 is 0 Å². The molecule has 0 unspecified atom stereocenters. The number of nitrogens with one attached hydrogen (secondary N) is 1. The Morgan fingerprint density at radius 1 is 1.13 bits per heavy atom. The first-order valence-electron chi connectivity index (χ1n) is 7.66. The fourth-order valence-electron chi connectivity index (χ4n) is 3.16. The molecule has 0 fully saturated rings. The minimum absolute atomic E-state index is 0.0306. The molecule has 1 amide bonds. The Morgan fingerprint density at radius 3 is 2.91 bits per heavy atom. The molecule has 0 radical (unpaired) electrons. The maximum Gasteiger partial charge on any atom is 0.270 e. The summed E-state index contributed by atoms with van der Waals surface area (Å²) in [5.74, 6) is -0.136. The minimum Gasteiger partial charge on any atom is -0.344 e. The highest BCUT2D eigenvalue weighted by Gasteiger charge is 2.24. The van der Waals surface area contributed by atoms with Crippen molar-refractivity contribution in [2.45, 2.75) is 18.9 Å². The third kappa shape index (κ3) is 2.68. The van der Waals surface area contributed by atoms with E-state index >= 15 is 0 Å². The Morgan fingerprint density at radius 2 is 2.00 bits per heavy atom. The average molecular weight is 323 g/mol. The quantitative estimate of drug-likeness (QED) is 0.764. The zero-order valence-corrected chi connectivity index (χ0v) is 13.2. The van der Waals surface area contributed by atoms with E-state index < -0.39 is 0 Å². The van der Waals surface area contributed by atoms with Crippen molar-refractivity contribution < 1.29 is 4.79 Å². The molecule has 4 rings (SSSR count). The molecule has 1 aromatic heterocycles. The van der Waals surface area contributed by atoms with Crippen LogP contribution < -0.4 is 5.32 Å². The van der Waals surface area contributed by atoms with Gasteiger partial charge in [0.05, 0.1) is 11.6 Å². The highest BCUT2D eigenvalue weighted by Crippen LogP contribution is 2.33. The van der Waals surface area contributed by atoms with Crippen LogP contribution in [0.2, 0.25) is 5.02 Å². The number of rotatable bonds is 2. The van der Waals surface area contributed by atoms with Gasteiger partial charge in [-0.15, -0.1) is 0 Å².